The molecule has 0 amide bonds. The quantitative estimate of drug-likeness (QED) is 0.402. The van der Waals surface area contributed by atoms with Crippen LogP contribution in [0, 0.1) is 0 Å². The van der Waals surface area contributed by atoms with Crippen LogP contribution in [-0.4, -0.2) is 28.6 Å². The fraction of sp³-hybridized carbons (Fsp3) is 0.118. The van der Waals surface area contributed by atoms with Crippen molar-refractivity contribution in [2.24, 2.45) is 0 Å². The summed E-state index contributed by atoms with van der Waals surface area (Å²) in [7, 11) is -1.67. The first-order chi connectivity index (χ1) is 12.3. The summed E-state index contributed by atoms with van der Waals surface area (Å²) in [5.41, 5.74) is 0.577. The second-order valence-electron chi connectivity index (χ2n) is 4.86. The van der Waals surface area contributed by atoms with E-state index < -0.39 is 16.1 Å². The van der Waals surface area contributed by atoms with E-state index >= 15 is 0 Å². The summed E-state index contributed by atoms with van der Waals surface area (Å²) in [5, 5.41) is -0.122. The summed E-state index contributed by atoms with van der Waals surface area (Å²) < 4.78 is 39.9. The number of carbonyl (C=O) groups excluding carboxylic acids is 1. The first kappa shape index (κ1) is 20.1. The monoisotopic (exact) mass is 416 g/mol. The molecule has 0 aliphatic rings. The maximum atomic E-state index is 12.5. The van der Waals surface area contributed by atoms with E-state index in [4.69, 9.17) is 32.1 Å². The second kappa shape index (κ2) is 8.44. The number of esters is 1. The molecule has 138 valence electrons. The van der Waals surface area contributed by atoms with Crippen LogP contribution in [0.15, 0.2) is 47.4 Å². The Hall–Kier alpha value is -2.22. The molecule has 0 fully saturated rings. The Bertz CT molecular complexity index is 933. The van der Waals surface area contributed by atoms with Crippen LogP contribution in [-0.2, 0) is 19.6 Å². The molecule has 2 aromatic carbocycles. The molecule has 26 heavy (non-hydrogen) atoms. The van der Waals surface area contributed by atoms with Crippen molar-refractivity contribution in [2.75, 3.05) is 14.2 Å². The van der Waals surface area contributed by atoms with Crippen LogP contribution in [0.25, 0.3) is 6.08 Å². The van der Waals surface area contributed by atoms with Gasteiger partial charge in [0.25, 0.3) is 0 Å². The van der Waals surface area contributed by atoms with E-state index in [0.29, 0.717) is 5.56 Å². The van der Waals surface area contributed by atoms with Gasteiger partial charge < -0.3 is 13.7 Å². The van der Waals surface area contributed by atoms with Gasteiger partial charge in [0.2, 0.25) is 0 Å². The first-order valence-electron chi connectivity index (χ1n) is 7.11. The third-order valence-electron chi connectivity index (χ3n) is 3.17. The van der Waals surface area contributed by atoms with Gasteiger partial charge in [-0.3, -0.25) is 0 Å². The van der Waals surface area contributed by atoms with Crippen molar-refractivity contribution in [1.29, 1.82) is 0 Å². The normalized spacial score (nSPS) is 11.4. The minimum atomic E-state index is -4.29. The van der Waals surface area contributed by atoms with E-state index in [1.165, 1.54) is 56.7 Å². The van der Waals surface area contributed by atoms with Gasteiger partial charge >= 0.3 is 16.1 Å². The van der Waals surface area contributed by atoms with E-state index in [1.807, 2.05) is 0 Å². The smallest absolute Gasteiger partial charge is 0.342 e. The second-order valence-corrected chi connectivity index (χ2v) is 7.15. The summed E-state index contributed by atoms with van der Waals surface area (Å²) in [6.45, 7) is 0. The molecule has 0 unspecified atom stereocenters. The van der Waals surface area contributed by atoms with Crippen LogP contribution in [0.4, 0.5) is 0 Å². The van der Waals surface area contributed by atoms with Crippen LogP contribution < -0.4 is 8.92 Å². The van der Waals surface area contributed by atoms with Crippen molar-refractivity contribution in [2.45, 2.75) is 4.90 Å². The number of benzene rings is 2. The van der Waals surface area contributed by atoms with E-state index in [1.54, 1.807) is 6.07 Å². The molecule has 0 saturated heterocycles. The van der Waals surface area contributed by atoms with E-state index in [0.717, 1.165) is 0 Å². The Labute approximate surface area is 161 Å². The highest BCUT2D eigenvalue weighted by molar-refractivity contribution is 7.87. The maximum absolute atomic E-state index is 12.5. The van der Waals surface area contributed by atoms with Gasteiger partial charge in [0.05, 0.1) is 24.3 Å². The van der Waals surface area contributed by atoms with Crippen LogP contribution >= 0.6 is 23.2 Å². The Morgan fingerprint density at radius 3 is 2.27 bits per heavy atom. The molecule has 6 nitrogen and oxygen atoms in total. The fourth-order valence-electron chi connectivity index (χ4n) is 1.97. The van der Waals surface area contributed by atoms with E-state index in [-0.39, 0.29) is 26.4 Å². The Morgan fingerprint density at radius 2 is 1.69 bits per heavy atom. The van der Waals surface area contributed by atoms with Gasteiger partial charge in [-0.25, -0.2) is 4.79 Å². The number of halogens is 2. The van der Waals surface area contributed by atoms with E-state index in [9.17, 15) is 13.2 Å². The van der Waals surface area contributed by atoms with Crippen LogP contribution in [0.3, 0.4) is 0 Å². The zero-order valence-corrected chi connectivity index (χ0v) is 16.1. The number of ether oxygens (including phenoxy) is 2. The highest BCUT2D eigenvalue weighted by atomic mass is 35.5. The maximum Gasteiger partial charge on any atom is 0.342 e. The summed E-state index contributed by atoms with van der Waals surface area (Å²) >= 11 is 11.9. The molecule has 9 heteroatoms. The molecule has 0 saturated carbocycles. The SMILES string of the molecule is COC(=O)C=Cc1ccc(OS(=O)(=O)c2c(Cl)cccc2Cl)c(OC)c1. The summed E-state index contributed by atoms with van der Waals surface area (Å²) in [4.78, 5) is 10.8. The lowest BCUT2D eigenvalue weighted by molar-refractivity contribution is -0.134. The number of carbonyl (C=O) groups is 1. The highest BCUT2D eigenvalue weighted by Gasteiger charge is 2.25. The lowest BCUT2D eigenvalue weighted by Gasteiger charge is -2.13. The number of hydrogen-bond donors (Lipinski definition) is 0. The standard InChI is InChI=1S/C17H14Cl2O6S/c1-23-15-10-11(7-9-16(20)24-2)6-8-14(15)25-26(21,22)17-12(18)4-3-5-13(17)19/h3-10H,1-2H3. The van der Waals surface area contributed by atoms with Gasteiger partial charge in [-0.2, -0.15) is 8.42 Å². The highest BCUT2D eigenvalue weighted by Crippen LogP contribution is 2.35. The van der Waals surface area contributed by atoms with Gasteiger partial charge in [0, 0.05) is 6.08 Å². The lowest BCUT2D eigenvalue weighted by atomic mass is 10.2. The van der Waals surface area contributed by atoms with Crippen molar-refractivity contribution in [3.05, 3.63) is 58.1 Å². The Morgan fingerprint density at radius 1 is 1.04 bits per heavy atom. The van der Waals surface area contributed by atoms with Gasteiger partial charge in [-0.1, -0.05) is 35.3 Å². The Balaban J connectivity index is 2.37. The predicted molar refractivity (Wildman–Crippen MR) is 98.3 cm³/mol. The zero-order valence-electron chi connectivity index (χ0n) is 13.7. The van der Waals surface area contributed by atoms with Crippen molar-refractivity contribution in [3.63, 3.8) is 0 Å². The van der Waals surface area contributed by atoms with Crippen molar-refractivity contribution in [1.82, 2.24) is 0 Å². The molecular weight excluding hydrogens is 403 g/mol. The third kappa shape index (κ3) is 4.69. The molecule has 0 spiro atoms. The summed E-state index contributed by atoms with van der Waals surface area (Å²) in [6.07, 6.45) is 2.70. The average Bonchev–Trinajstić information content (AvgIpc) is 2.59. The largest absolute Gasteiger partial charge is 0.493 e. The molecular formula is C17H14Cl2O6S. The Kier molecular flexibility index (Phi) is 6.52. The zero-order chi connectivity index (χ0) is 19.3. The molecule has 0 heterocycles. The predicted octanol–water partition coefficient (Wildman–Crippen LogP) is 3.96. The lowest BCUT2D eigenvalue weighted by Crippen LogP contribution is -2.11. The molecule has 2 aromatic rings. The van der Waals surface area contributed by atoms with Crippen molar-refractivity contribution >= 4 is 45.4 Å². The molecule has 0 N–H and O–H groups in total. The molecule has 0 aromatic heterocycles. The number of methoxy groups -OCH3 is 2. The number of rotatable bonds is 6. The van der Waals surface area contributed by atoms with Gasteiger partial charge in [0.15, 0.2) is 11.5 Å². The number of hydrogen-bond acceptors (Lipinski definition) is 6. The first-order valence-corrected chi connectivity index (χ1v) is 9.27. The van der Waals surface area contributed by atoms with Gasteiger partial charge in [-0.15, -0.1) is 0 Å². The molecule has 0 atom stereocenters. The van der Waals surface area contributed by atoms with Gasteiger partial charge in [0.1, 0.15) is 4.90 Å². The average molecular weight is 417 g/mol. The molecule has 0 radical (unpaired) electrons. The summed E-state index contributed by atoms with van der Waals surface area (Å²) in [6, 6.07) is 8.73. The molecule has 0 aliphatic carbocycles. The van der Waals surface area contributed by atoms with Crippen LogP contribution in [0.2, 0.25) is 10.0 Å². The fourth-order valence-corrected chi connectivity index (χ4v) is 4.01. The minimum Gasteiger partial charge on any atom is -0.493 e. The molecule has 0 bridgehead atoms. The topological polar surface area (TPSA) is 78.9 Å². The molecule has 2 rings (SSSR count). The van der Waals surface area contributed by atoms with E-state index in [2.05, 4.69) is 4.74 Å². The van der Waals surface area contributed by atoms with Gasteiger partial charge in [-0.05, 0) is 35.9 Å². The molecule has 0 aliphatic heterocycles. The van der Waals surface area contributed by atoms with Crippen molar-refractivity contribution in [3.8, 4) is 11.5 Å². The van der Waals surface area contributed by atoms with Crippen molar-refractivity contribution < 1.29 is 26.9 Å². The summed E-state index contributed by atoms with van der Waals surface area (Å²) in [5.74, 6) is -0.442. The van der Waals surface area contributed by atoms with Crippen LogP contribution in [0.1, 0.15) is 5.56 Å². The van der Waals surface area contributed by atoms with Crippen LogP contribution in [0.5, 0.6) is 11.5 Å². The minimum absolute atomic E-state index is 0.0568. The third-order valence-corrected chi connectivity index (χ3v) is 5.36.